The lowest BCUT2D eigenvalue weighted by Crippen LogP contribution is -2.11. The third-order valence-corrected chi connectivity index (χ3v) is 3.82. The Kier molecular flexibility index (Phi) is 4.33. The van der Waals surface area contributed by atoms with E-state index < -0.39 is 6.10 Å². The molecule has 0 aliphatic rings. The molecule has 2 nitrogen and oxygen atoms in total. The van der Waals surface area contributed by atoms with E-state index in [-0.39, 0.29) is 6.54 Å². The van der Waals surface area contributed by atoms with E-state index in [4.69, 9.17) is 5.73 Å². The average molecular weight is 289 g/mol. The van der Waals surface area contributed by atoms with E-state index in [1.54, 1.807) is 0 Å². The largest absolute Gasteiger partial charge is 0.387 e. The van der Waals surface area contributed by atoms with Crippen molar-refractivity contribution >= 4 is 0 Å². The second-order valence-electron chi connectivity index (χ2n) is 5.29. The highest BCUT2D eigenvalue weighted by Gasteiger charge is 2.12. The molecule has 3 aromatic rings. The third-order valence-electron chi connectivity index (χ3n) is 3.82. The van der Waals surface area contributed by atoms with Crippen LogP contribution in [-0.2, 0) is 0 Å². The maximum absolute atomic E-state index is 10.0. The fourth-order valence-corrected chi connectivity index (χ4v) is 2.63. The predicted molar refractivity (Wildman–Crippen MR) is 91.3 cm³/mol. The minimum atomic E-state index is -0.632. The van der Waals surface area contributed by atoms with E-state index >= 15 is 0 Å². The molecule has 0 aliphatic carbocycles. The van der Waals surface area contributed by atoms with E-state index in [0.717, 1.165) is 27.8 Å². The Bertz CT molecular complexity index is 738. The minimum absolute atomic E-state index is 0.221. The Hall–Kier alpha value is -2.42. The Morgan fingerprint density at radius 1 is 0.727 bits per heavy atom. The van der Waals surface area contributed by atoms with Crippen LogP contribution in [0.1, 0.15) is 11.7 Å². The zero-order valence-corrected chi connectivity index (χ0v) is 12.3. The summed E-state index contributed by atoms with van der Waals surface area (Å²) in [4.78, 5) is 0. The molecule has 22 heavy (non-hydrogen) atoms. The molecule has 0 bridgehead atoms. The molecule has 1 atom stereocenters. The Morgan fingerprint density at radius 2 is 1.27 bits per heavy atom. The van der Waals surface area contributed by atoms with Crippen LogP contribution in [-0.4, -0.2) is 11.7 Å². The molecule has 0 saturated heterocycles. The van der Waals surface area contributed by atoms with Crippen LogP contribution < -0.4 is 5.73 Å². The van der Waals surface area contributed by atoms with Gasteiger partial charge in [-0.05, 0) is 33.9 Å². The van der Waals surface area contributed by atoms with Gasteiger partial charge in [0.2, 0.25) is 0 Å². The van der Waals surface area contributed by atoms with Crippen LogP contribution in [0, 0.1) is 0 Å². The molecule has 0 aromatic heterocycles. The monoisotopic (exact) mass is 289 g/mol. The maximum Gasteiger partial charge on any atom is 0.0912 e. The van der Waals surface area contributed by atoms with Crippen molar-refractivity contribution in [3.05, 3.63) is 84.4 Å². The SMILES string of the molecule is NCC(O)c1ccc(-c2ccccc2)c(-c2ccccc2)c1. The van der Waals surface area contributed by atoms with Crippen LogP contribution in [0.25, 0.3) is 22.3 Å². The van der Waals surface area contributed by atoms with Crippen LogP contribution in [0.2, 0.25) is 0 Å². The van der Waals surface area contributed by atoms with Gasteiger partial charge in [-0.3, -0.25) is 0 Å². The van der Waals surface area contributed by atoms with Crippen molar-refractivity contribution in [1.29, 1.82) is 0 Å². The summed E-state index contributed by atoms with van der Waals surface area (Å²) in [6.45, 7) is 0.221. The van der Waals surface area contributed by atoms with Gasteiger partial charge in [-0.1, -0.05) is 72.8 Å². The number of hydrogen-bond donors (Lipinski definition) is 2. The first kappa shape index (κ1) is 14.5. The number of hydrogen-bond acceptors (Lipinski definition) is 2. The predicted octanol–water partition coefficient (Wildman–Crippen LogP) is 4.01. The van der Waals surface area contributed by atoms with Crippen molar-refractivity contribution in [2.24, 2.45) is 5.73 Å². The van der Waals surface area contributed by atoms with Crippen LogP contribution >= 0.6 is 0 Å². The molecule has 0 amide bonds. The molecule has 0 aliphatic heterocycles. The van der Waals surface area contributed by atoms with E-state index in [9.17, 15) is 5.11 Å². The van der Waals surface area contributed by atoms with Crippen molar-refractivity contribution in [1.82, 2.24) is 0 Å². The van der Waals surface area contributed by atoms with E-state index in [0.29, 0.717) is 0 Å². The Balaban J connectivity index is 2.18. The maximum atomic E-state index is 10.0. The van der Waals surface area contributed by atoms with E-state index in [1.807, 2.05) is 48.5 Å². The number of benzene rings is 3. The van der Waals surface area contributed by atoms with Gasteiger partial charge in [0.05, 0.1) is 6.10 Å². The molecule has 0 spiro atoms. The summed E-state index contributed by atoms with van der Waals surface area (Å²) in [6, 6.07) is 26.5. The number of nitrogens with two attached hydrogens (primary N) is 1. The molecular formula is C20H19NO. The van der Waals surface area contributed by atoms with Gasteiger partial charge in [-0.2, -0.15) is 0 Å². The van der Waals surface area contributed by atoms with Crippen molar-refractivity contribution < 1.29 is 5.11 Å². The lowest BCUT2D eigenvalue weighted by Gasteiger charge is -2.15. The van der Waals surface area contributed by atoms with Gasteiger partial charge in [-0.25, -0.2) is 0 Å². The molecule has 2 heteroatoms. The Morgan fingerprint density at radius 3 is 1.82 bits per heavy atom. The zero-order chi connectivity index (χ0) is 15.4. The highest BCUT2D eigenvalue weighted by atomic mass is 16.3. The number of aliphatic hydroxyl groups is 1. The summed E-state index contributed by atoms with van der Waals surface area (Å²) in [7, 11) is 0. The van der Waals surface area contributed by atoms with Gasteiger partial charge < -0.3 is 10.8 Å². The fourth-order valence-electron chi connectivity index (χ4n) is 2.63. The van der Waals surface area contributed by atoms with E-state index in [2.05, 4.69) is 30.3 Å². The third kappa shape index (κ3) is 2.93. The van der Waals surface area contributed by atoms with Gasteiger partial charge in [0.15, 0.2) is 0 Å². The normalized spacial score (nSPS) is 12.1. The number of rotatable bonds is 4. The average Bonchev–Trinajstić information content (AvgIpc) is 2.62. The van der Waals surface area contributed by atoms with Gasteiger partial charge >= 0.3 is 0 Å². The van der Waals surface area contributed by atoms with Crippen LogP contribution in [0.3, 0.4) is 0 Å². The zero-order valence-electron chi connectivity index (χ0n) is 12.3. The summed E-state index contributed by atoms with van der Waals surface area (Å²) in [5.74, 6) is 0. The lowest BCUT2D eigenvalue weighted by atomic mass is 9.91. The Labute approximate surface area is 130 Å². The minimum Gasteiger partial charge on any atom is -0.387 e. The summed E-state index contributed by atoms with van der Waals surface area (Å²) < 4.78 is 0. The molecule has 3 N–H and O–H groups in total. The molecule has 3 rings (SSSR count). The number of aliphatic hydroxyl groups excluding tert-OH is 1. The van der Waals surface area contributed by atoms with E-state index in [1.165, 1.54) is 0 Å². The highest BCUT2D eigenvalue weighted by Crippen LogP contribution is 2.34. The molecule has 0 radical (unpaired) electrons. The molecule has 3 aromatic carbocycles. The van der Waals surface area contributed by atoms with Crippen molar-refractivity contribution in [3.8, 4) is 22.3 Å². The molecule has 1 unspecified atom stereocenters. The smallest absolute Gasteiger partial charge is 0.0912 e. The highest BCUT2D eigenvalue weighted by molar-refractivity contribution is 5.83. The second kappa shape index (κ2) is 6.56. The summed E-state index contributed by atoms with van der Waals surface area (Å²) in [5.41, 5.74) is 11.0. The first-order valence-corrected chi connectivity index (χ1v) is 7.42. The quantitative estimate of drug-likeness (QED) is 0.762. The molecule has 0 fully saturated rings. The van der Waals surface area contributed by atoms with Gasteiger partial charge in [-0.15, -0.1) is 0 Å². The molecule has 110 valence electrons. The first-order chi connectivity index (χ1) is 10.8. The second-order valence-corrected chi connectivity index (χ2v) is 5.29. The van der Waals surface area contributed by atoms with Crippen molar-refractivity contribution in [3.63, 3.8) is 0 Å². The standard InChI is InChI=1S/C20H19NO/c21-14-20(22)17-11-12-18(15-7-3-1-4-8-15)19(13-17)16-9-5-2-6-10-16/h1-13,20,22H,14,21H2. The lowest BCUT2D eigenvalue weighted by molar-refractivity contribution is 0.187. The molecule has 0 heterocycles. The van der Waals surface area contributed by atoms with Gasteiger partial charge in [0, 0.05) is 6.54 Å². The summed E-state index contributed by atoms with van der Waals surface area (Å²) in [5, 5.41) is 10.0. The van der Waals surface area contributed by atoms with Gasteiger partial charge in [0.25, 0.3) is 0 Å². The first-order valence-electron chi connectivity index (χ1n) is 7.42. The summed E-state index contributed by atoms with van der Waals surface area (Å²) >= 11 is 0. The van der Waals surface area contributed by atoms with Crippen LogP contribution in [0.5, 0.6) is 0 Å². The fraction of sp³-hybridized carbons (Fsp3) is 0.100. The molecular weight excluding hydrogens is 270 g/mol. The topological polar surface area (TPSA) is 46.2 Å². The summed E-state index contributed by atoms with van der Waals surface area (Å²) in [6.07, 6.45) is -0.632. The van der Waals surface area contributed by atoms with Crippen molar-refractivity contribution in [2.75, 3.05) is 6.54 Å². The van der Waals surface area contributed by atoms with Crippen LogP contribution in [0.15, 0.2) is 78.9 Å². The molecule has 0 saturated carbocycles. The van der Waals surface area contributed by atoms with Gasteiger partial charge in [0.1, 0.15) is 0 Å². The van der Waals surface area contributed by atoms with Crippen molar-refractivity contribution in [2.45, 2.75) is 6.10 Å². The van der Waals surface area contributed by atoms with Crippen LogP contribution in [0.4, 0.5) is 0 Å².